The Hall–Kier alpha value is -2.04. The second-order valence-electron chi connectivity index (χ2n) is 5.69. The summed E-state index contributed by atoms with van der Waals surface area (Å²) < 4.78 is 10.6. The van der Waals surface area contributed by atoms with Crippen LogP contribution in [0.3, 0.4) is 0 Å². The predicted octanol–water partition coefficient (Wildman–Crippen LogP) is 2.43. The van der Waals surface area contributed by atoms with E-state index in [1.54, 1.807) is 11.8 Å². The van der Waals surface area contributed by atoms with Gasteiger partial charge in [-0.15, -0.1) is 0 Å². The molecular weight excluding hydrogens is 294 g/mol. The van der Waals surface area contributed by atoms with Crippen LogP contribution in [0.1, 0.15) is 32.3 Å². The Kier molecular flexibility index (Phi) is 6.44. The highest BCUT2D eigenvalue weighted by atomic mass is 16.5. The van der Waals surface area contributed by atoms with Gasteiger partial charge in [-0.25, -0.2) is 0 Å². The van der Waals surface area contributed by atoms with Gasteiger partial charge in [-0.1, -0.05) is 19.1 Å². The third kappa shape index (κ3) is 4.98. The van der Waals surface area contributed by atoms with Crippen molar-refractivity contribution >= 4 is 11.9 Å². The Morgan fingerprint density at radius 2 is 1.78 bits per heavy atom. The second-order valence-corrected chi connectivity index (χ2v) is 5.69. The molecule has 0 bridgehead atoms. The molecule has 5 heteroatoms. The monoisotopic (exact) mass is 319 g/mol. The predicted molar refractivity (Wildman–Crippen MR) is 87.3 cm³/mol. The van der Waals surface area contributed by atoms with Gasteiger partial charge in [0, 0.05) is 13.1 Å². The molecule has 23 heavy (non-hydrogen) atoms. The van der Waals surface area contributed by atoms with E-state index in [1.807, 2.05) is 24.3 Å². The van der Waals surface area contributed by atoms with Crippen molar-refractivity contribution in [2.75, 3.05) is 26.3 Å². The van der Waals surface area contributed by atoms with Gasteiger partial charge < -0.3 is 14.4 Å². The average Bonchev–Trinajstić information content (AvgIpc) is 2.60. The molecule has 1 aliphatic rings. The lowest BCUT2D eigenvalue weighted by Crippen LogP contribution is -2.42. The first-order chi connectivity index (χ1) is 11.1. The Morgan fingerprint density at radius 1 is 1.13 bits per heavy atom. The second kappa shape index (κ2) is 8.56. The van der Waals surface area contributed by atoms with E-state index < -0.39 is 0 Å². The van der Waals surface area contributed by atoms with Gasteiger partial charge >= 0.3 is 5.97 Å². The van der Waals surface area contributed by atoms with E-state index in [0.717, 1.165) is 6.42 Å². The number of nitrogens with zero attached hydrogens (tertiary/aromatic N) is 1. The first-order valence-corrected chi connectivity index (χ1v) is 8.30. The van der Waals surface area contributed by atoms with Crippen LogP contribution in [0.2, 0.25) is 0 Å². The van der Waals surface area contributed by atoms with Gasteiger partial charge in [0.2, 0.25) is 0 Å². The summed E-state index contributed by atoms with van der Waals surface area (Å²) in [6.07, 6.45) is 2.31. The minimum Gasteiger partial charge on any atom is -0.484 e. The van der Waals surface area contributed by atoms with E-state index in [9.17, 15) is 9.59 Å². The van der Waals surface area contributed by atoms with Gasteiger partial charge in [0.15, 0.2) is 6.61 Å². The van der Waals surface area contributed by atoms with E-state index in [2.05, 4.69) is 6.92 Å². The van der Waals surface area contributed by atoms with Crippen molar-refractivity contribution in [2.45, 2.75) is 33.1 Å². The van der Waals surface area contributed by atoms with E-state index in [4.69, 9.17) is 9.47 Å². The number of rotatable bonds is 6. The number of hydrogen-bond donors (Lipinski definition) is 0. The summed E-state index contributed by atoms with van der Waals surface area (Å²) in [6, 6.07) is 7.79. The van der Waals surface area contributed by atoms with Crippen LogP contribution < -0.4 is 4.74 Å². The summed E-state index contributed by atoms with van der Waals surface area (Å²) in [5.74, 6) is 0.442. The number of esters is 1. The molecule has 1 heterocycles. The standard InChI is InChI=1S/C18H25NO4/c1-3-14-5-7-16(8-6-14)23-13-17(20)19-11-9-15(10-12-19)18(21)22-4-2/h5-8,15H,3-4,9-13H2,1-2H3. The summed E-state index contributed by atoms with van der Waals surface area (Å²) >= 11 is 0. The van der Waals surface area contributed by atoms with Gasteiger partial charge in [0.05, 0.1) is 12.5 Å². The molecule has 0 unspecified atom stereocenters. The summed E-state index contributed by atoms with van der Waals surface area (Å²) in [5.41, 5.74) is 1.24. The maximum Gasteiger partial charge on any atom is 0.309 e. The topological polar surface area (TPSA) is 55.8 Å². The normalized spacial score (nSPS) is 15.3. The number of hydrogen-bond acceptors (Lipinski definition) is 4. The first-order valence-electron chi connectivity index (χ1n) is 8.30. The highest BCUT2D eigenvalue weighted by molar-refractivity contribution is 5.78. The summed E-state index contributed by atoms with van der Waals surface area (Å²) in [5, 5.41) is 0. The van der Waals surface area contributed by atoms with Crippen molar-refractivity contribution in [3.8, 4) is 5.75 Å². The maximum atomic E-state index is 12.2. The molecule has 0 radical (unpaired) electrons. The van der Waals surface area contributed by atoms with E-state index in [1.165, 1.54) is 5.56 Å². The molecule has 126 valence electrons. The molecule has 0 spiro atoms. The van der Waals surface area contributed by atoms with Crippen LogP contribution in [0.4, 0.5) is 0 Å². The molecular formula is C18H25NO4. The Bertz CT molecular complexity index is 518. The van der Waals surface area contributed by atoms with Crippen LogP contribution in [0.15, 0.2) is 24.3 Å². The highest BCUT2D eigenvalue weighted by Gasteiger charge is 2.28. The Balaban J connectivity index is 1.75. The average molecular weight is 319 g/mol. The molecule has 1 aromatic rings. The first kappa shape index (κ1) is 17.3. The lowest BCUT2D eigenvalue weighted by molar-refractivity contribution is -0.151. The zero-order valence-electron chi connectivity index (χ0n) is 13.9. The molecule has 1 aromatic carbocycles. The van der Waals surface area contributed by atoms with Gasteiger partial charge in [0.25, 0.3) is 5.91 Å². The highest BCUT2D eigenvalue weighted by Crippen LogP contribution is 2.19. The molecule has 1 fully saturated rings. The summed E-state index contributed by atoms with van der Waals surface area (Å²) in [7, 11) is 0. The molecule has 0 aromatic heterocycles. The van der Waals surface area contributed by atoms with Crippen molar-refractivity contribution in [3.05, 3.63) is 29.8 Å². The van der Waals surface area contributed by atoms with Crippen LogP contribution in [0, 0.1) is 5.92 Å². The zero-order chi connectivity index (χ0) is 16.7. The lowest BCUT2D eigenvalue weighted by atomic mass is 9.97. The SMILES string of the molecule is CCOC(=O)C1CCN(C(=O)COc2ccc(CC)cc2)CC1. The molecule has 0 N–H and O–H groups in total. The smallest absolute Gasteiger partial charge is 0.309 e. The van der Waals surface area contributed by atoms with Crippen molar-refractivity contribution in [3.63, 3.8) is 0 Å². The van der Waals surface area contributed by atoms with Gasteiger partial charge in [-0.2, -0.15) is 0 Å². The van der Waals surface area contributed by atoms with Gasteiger partial charge in [0.1, 0.15) is 5.75 Å². The minimum atomic E-state index is -0.146. The summed E-state index contributed by atoms with van der Waals surface area (Å²) in [6.45, 7) is 5.51. The van der Waals surface area contributed by atoms with Crippen LogP contribution >= 0.6 is 0 Å². The molecule has 1 aliphatic heterocycles. The summed E-state index contributed by atoms with van der Waals surface area (Å²) in [4.78, 5) is 25.6. The van der Waals surface area contributed by atoms with E-state index >= 15 is 0 Å². The number of aryl methyl sites for hydroxylation is 1. The van der Waals surface area contributed by atoms with Crippen LogP contribution in [-0.4, -0.2) is 43.1 Å². The number of carbonyl (C=O) groups excluding carboxylic acids is 2. The molecule has 2 rings (SSSR count). The molecule has 1 saturated heterocycles. The van der Waals surface area contributed by atoms with Crippen molar-refractivity contribution < 1.29 is 19.1 Å². The van der Waals surface area contributed by atoms with Crippen LogP contribution in [0.25, 0.3) is 0 Å². The molecule has 0 aliphatic carbocycles. The fourth-order valence-corrected chi connectivity index (χ4v) is 2.68. The number of benzene rings is 1. The minimum absolute atomic E-state index is 0.0353. The van der Waals surface area contributed by atoms with Crippen molar-refractivity contribution in [1.82, 2.24) is 4.90 Å². The quantitative estimate of drug-likeness (QED) is 0.756. The van der Waals surface area contributed by atoms with Crippen molar-refractivity contribution in [1.29, 1.82) is 0 Å². The van der Waals surface area contributed by atoms with Gasteiger partial charge in [-0.3, -0.25) is 9.59 Å². The van der Waals surface area contributed by atoms with E-state index in [0.29, 0.717) is 38.3 Å². The van der Waals surface area contributed by atoms with Gasteiger partial charge in [-0.05, 0) is 43.9 Å². The fourth-order valence-electron chi connectivity index (χ4n) is 2.68. The number of amides is 1. The number of likely N-dealkylation sites (tertiary alicyclic amines) is 1. The third-order valence-corrected chi connectivity index (χ3v) is 4.16. The number of carbonyl (C=O) groups is 2. The lowest BCUT2D eigenvalue weighted by Gasteiger charge is -2.30. The molecule has 0 saturated carbocycles. The zero-order valence-corrected chi connectivity index (χ0v) is 13.9. The molecule has 1 amide bonds. The maximum absolute atomic E-state index is 12.2. The number of piperidine rings is 1. The molecule has 0 atom stereocenters. The van der Waals surface area contributed by atoms with E-state index in [-0.39, 0.29) is 24.4 Å². The van der Waals surface area contributed by atoms with Crippen LogP contribution in [-0.2, 0) is 20.7 Å². The Morgan fingerprint density at radius 3 is 2.35 bits per heavy atom. The Labute approximate surface area is 137 Å². The van der Waals surface area contributed by atoms with Crippen LogP contribution in [0.5, 0.6) is 5.75 Å². The largest absolute Gasteiger partial charge is 0.484 e. The fraction of sp³-hybridized carbons (Fsp3) is 0.556. The van der Waals surface area contributed by atoms with Crippen molar-refractivity contribution in [2.24, 2.45) is 5.92 Å². The number of ether oxygens (including phenoxy) is 2. The molecule has 5 nitrogen and oxygen atoms in total. The third-order valence-electron chi connectivity index (χ3n) is 4.16.